The molecule has 0 aliphatic rings. The summed E-state index contributed by atoms with van der Waals surface area (Å²) >= 11 is 0. The van der Waals surface area contributed by atoms with Crippen LogP contribution in [0.15, 0.2) is 24.3 Å². The van der Waals surface area contributed by atoms with Gasteiger partial charge in [0.2, 0.25) is 0 Å². The second-order valence-electron chi connectivity index (χ2n) is 7.33. The maximum absolute atomic E-state index is 2.33. The molecule has 0 radical (unpaired) electrons. The molecule has 0 saturated carbocycles. The van der Waals surface area contributed by atoms with Crippen molar-refractivity contribution in [2.24, 2.45) is 5.92 Å². The number of hydrogen-bond acceptors (Lipinski definition) is 1. The van der Waals surface area contributed by atoms with E-state index < -0.39 is 0 Å². The molecule has 0 fully saturated rings. The number of rotatable bonds is 13. The van der Waals surface area contributed by atoms with Gasteiger partial charge in [0, 0.05) is 19.8 Å². The average Bonchev–Trinajstić information content (AvgIpc) is 2.55. The van der Waals surface area contributed by atoms with Crippen molar-refractivity contribution in [1.29, 1.82) is 0 Å². The Morgan fingerprint density at radius 1 is 0.739 bits per heavy atom. The van der Waals surface area contributed by atoms with Gasteiger partial charge in [-0.3, -0.25) is 0 Å². The second-order valence-corrected chi connectivity index (χ2v) is 7.33. The molecule has 0 aliphatic heterocycles. The predicted molar refractivity (Wildman–Crippen MR) is 105 cm³/mol. The lowest BCUT2D eigenvalue weighted by atomic mass is 9.89. The second kappa shape index (κ2) is 12.4. The summed E-state index contributed by atoms with van der Waals surface area (Å²) in [4.78, 5) is 2.18. The average molecular weight is 318 g/mol. The van der Waals surface area contributed by atoms with E-state index in [0.717, 1.165) is 5.92 Å². The summed E-state index contributed by atoms with van der Waals surface area (Å²) in [5.74, 6) is 0.883. The zero-order valence-corrected chi connectivity index (χ0v) is 16.1. The Morgan fingerprint density at radius 3 is 1.70 bits per heavy atom. The third kappa shape index (κ3) is 9.03. The zero-order chi connectivity index (χ0) is 16.9. The van der Waals surface area contributed by atoms with Crippen LogP contribution in [-0.2, 0) is 6.42 Å². The number of benzene rings is 1. The Hall–Kier alpha value is -0.980. The van der Waals surface area contributed by atoms with Gasteiger partial charge in [0.1, 0.15) is 0 Å². The molecule has 1 aromatic rings. The molecule has 0 N–H and O–H groups in total. The fraction of sp³-hybridized carbons (Fsp3) is 0.727. The lowest BCUT2D eigenvalue weighted by molar-refractivity contribution is 0.404. The summed E-state index contributed by atoms with van der Waals surface area (Å²) in [5, 5.41) is 0. The Balaban J connectivity index is 2.48. The molecule has 0 amide bonds. The summed E-state index contributed by atoms with van der Waals surface area (Å²) < 4.78 is 0. The number of unbranched alkanes of at least 4 members (excludes halogenated alkanes) is 6. The minimum absolute atomic E-state index is 0.883. The summed E-state index contributed by atoms with van der Waals surface area (Å²) in [5.41, 5.74) is 2.82. The van der Waals surface area contributed by atoms with Crippen molar-refractivity contribution in [3.05, 3.63) is 29.8 Å². The van der Waals surface area contributed by atoms with Gasteiger partial charge in [-0.2, -0.15) is 0 Å². The maximum Gasteiger partial charge on any atom is 0.0361 e. The summed E-state index contributed by atoms with van der Waals surface area (Å²) in [6.45, 7) is 4.60. The van der Waals surface area contributed by atoms with Crippen molar-refractivity contribution in [3.8, 4) is 0 Å². The largest absolute Gasteiger partial charge is 0.378 e. The SMILES string of the molecule is CCCCCCC(CCCCCC)Cc1ccc(N(C)C)cc1. The fourth-order valence-electron chi connectivity index (χ4n) is 3.33. The minimum Gasteiger partial charge on any atom is -0.378 e. The molecule has 1 heteroatoms. The zero-order valence-electron chi connectivity index (χ0n) is 16.1. The topological polar surface area (TPSA) is 3.24 Å². The standard InChI is InChI=1S/C22H39N/c1-5-7-9-11-13-20(14-12-10-8-6-2)19-21-15-17-22(18-16-21)23(3)4/h15-18,20H,5-14,19H2,1-4H3. The molecular formula is C22H39N. The quantitative estimate of drug-likeness (QED) is 0.359. The van der Waals surface area contributed by atoms with E-state index in [1.165, 1.54) is 81.9 Å². The van der Waals surface area contributed by atoms with Gasteiger partial charge in [0.05, 0.1) is 0 Å². The van der Waals surface area contributed by atoms with Crippen LogP contribution in [0.3, 0.4) is 0 Å². The molecule has 1 nitrogen and oxygen atoms in total. The van der Waals surface area contributed by atoms with Gasteiger partial charge < -0.3 is 4.90 Å². The molecular weight excluding hydrogens is 278 g/mol. The lowest BCUT2D eigenvalue weighted by Crippen LogP contribution is -2.09. The predicted octanol–water partition coefficient (Wildman–Crippen LogP) is 6.85. The molecule has 23 heavy (non-hydrogen) atoms. The highest BCUT2D eigenvalue weighted by Crippen LogP contribution is 2.23. The van der Waals surface area contributed by atoms with Gasteiger partial charge in [-0.1, -0.05) is 90.2 Å². The molecule has 0 atom stereocenters. The Morgan fingerprint density at radius 2 is 1.26 bits per heavy atom. The molecule has 0 heterocycles. The summed E-state index contributed by atoms with van der Waals surface area (Å²) in [7, 11) is 4.22. The van der Waals surface area contributed by atoms with Crippen molar-refractivity contribution < 1.29 is 0 Å². The van der Waals surface area contributed by atoms with Gasteiger partial charge in [0.25, 0.3) is 0 Å². The molecule has 0 aromatic heterocycles. The first-order chi connectivity index (χ1) is 11.2. The molecule has 0 aliphatic carbocycles. The Labute approximate surface area is 145 Å². The van der Waals surface area contributed by atoms with E-state index in [4.69, 9.17) is 0 Å². The molecule has 1 rings (SSSR count). The number of hydrogen-bond donors (Lipinski definition) is 0. The monoisotopic (exact) mass is 317 g/mol. The number of anilines is 1. The van der Waals surface area contributed by atoms with Crippen LogP contribution in [0.1, 0.15) is 83.6 Å². The van der Waals surface area contributed by atoms with E-state index in [2.05, 4.69) is 57.1 Å². The van der Waals surface area contributed by atoms with E-state index in [1.54, 1.807) is 0 Å². The first-order valence-corrected chi connectivity index (χ1v) is 9.93. The molecule has 0 bridgehead atoms. The highest BCUT2D eigenvalue weighted by atomic mass is 15.1. The van der Waals surface area contributed by atoms with Crippen molar-refractivity contribution in [2.45, 2.75) is 84.5 Å². The Bertz CT molecular complexity index is 367. The van der Waals surface area contributed by atoms with E-state index >= 15 is 0 Å². The fourth-order valence-corrected chi connectivity index (χ4v) is 3.33. The molecule has 0 unspecified atom stereocenters. The smallest absolute Gasteiger partial charge is 0.0361 e. The highest BCUT2D eigenvalue weighted by Gasteiger charge is 2.10. The van der Waals surface area contributed by atoms with Crippen LogP contribution in [0.25, 0.3) is 0 Å². The minimum atomic E-state index is 0.883. The lowest BCUT2D eigenvalue weighted by Gasteiger charge is -2.18. The van der Waals surface area contributed by atoms with Gasteiger partial charge in [-0.05, 0) is 30.0 Å². The summed E-state index contributed by atoms with van der Waals surface area (Å²) in [6.07, 6.45) is 15.3. The van der Waals surface area contributed by atoms with Crippen LogP contribution in [0.5, 0.6) is 0 Å². The van der Waals surface area contributed by atoms with Crippen molar-refractivity contribution >= 4 is 5.69 Å². The highest BCUT2D eigenvalue weighted by molar-refractivity contribution is 5.46. The molecule has 0 saturated heterocycles. The summed E-state index contributed by atoms with van der Waals surface area (Å²) in [6, 6.07) is 9.20. The van der Waals surface area contributed by atoms with Gasteiger partial charge in [0.15, 0.2) is 0 Å². The molecule has 132 valence electrons. The van der Waals surface area contributed by atoms with Crippen molar-refractivity contribution in [1.82, 2.24) is 0 Å². The Kier molecular flexibility index (Phi) is 10.9. The third-order valence-electron chi connectivity index (χ3n) is 4.91. The molecule has 0 spiro atoms. The van der Waals surface area contributed by atoms with Crippen molar-refractivity contribution in [3.63, 3.8) is 0 Å². The number of nitrogens with zero attached hydrogens (tertiary/aromatic N) is 1. The van der Waals surface area contributed by atoms with Crippen LogP contribution in [0.4, 0.5) is 5.69 Å². The van der Waals surface area contributed by atoms with E-state index in [9.17, 15) is 0 Å². The third-order valence-corrected chi connectivity index (χ3v) is 4.91. The maximum atomic E-state index is 2.33. The first kappa shape index (κ1) is 20.1. The van der Waals surface area contributed by atoms with Crippen molar-refractivity contribution in [2.75, 3.05) is 19.0 Å². The van der Waals surface area contributed by atoms with Crippen LogP contribution in [0, 0.1) is 5.92 Å². The van der Waals surface area contributed by atoms with Crippen LogP contribution >= 0.6 is 0 Å². The molecule has 1 aromatic carbocycles. The van der Waals surface area contributed by atoms with Crippen LogP contribution in [-0.4, -0.2) is 14.1 Å². The van der Waals surface area contributed by atoms with Gasteiger partial charge in [-0.25, -0.2) is 0 Å². The van der Waals surface area contributed by atoms with Crippen LogP contribution < -0.4 is 4.90 Å². The first-order valence-electron chi connectivity index (χ1n) is 9.93. The van der Waals surface area contributed by atoms with Gasteiger partial charge >= 0.3 is 0 Å². The van der Waals surface area contributed by atoms with Crippen LogP contribution in [0.2, 0.25) is 0 Å². The van der Waals surface area contributed by atoms with E-state index in [1.807, 2.05) is 0 Å². The van der Waals surface area contributed by atoms with E-state index in [0.29, 0.717) is 0 Å². The normalized spacial score (nSPS) is 11.2. The van der Waals surface area contributed by atoms with Gasteiger partial charge in [-0.15, -0.1) is 0 Å². The van der Waals surface area contributed by atoms with E-state index in [-0.39, 0.29) is 0 Å².